The van der Waals surface area contributed by atoms with Crippen LogP contribution in [0.15, 0.2) is 22.8 Å². The predicted molar refractivity (Wildman–Crippen MR) is 105 cm³/mol. The Morgan fingerprint density at radius 1 is 1.07 bits per heavy atom. The predicted octanol–water partition coefficient (Wildman–Crippen LogP) is 3.42. The molecule has 0 radical (unpaired) electrons. The molecule has 1 heterocycles. The van der Waals surface area contributed by atoms with Crippen molar-refractivity contribution in [1.82, 2.24) is 10.6 Å². The second kappa shape index (κ2) is 7.37. The fourth-order valence-corrected chi connectivity index (χ4v) is 4.66. The summed E-state index contributed by atoms with van der Waals surface area (Å²) in [6.07, 6.45) is 9.82. The van der Waals surface area contributed by atoms with Crippen LogP contribution < -0.4 is 10.6 Å². The maximum atomic E-state index is 12.8. The third-order valence-electron chi connectivity index (χ3n) is 6.08. The van der Waals surface area contributed by atoms with Gasteiger partial charge in [-0.1, -0.05) is 19.3 Å². The van der Waals surface area contributed by atoms with Crippen LogP contribution in [0.3, 0.4) is 0 Å². The average molecular weight is 368 g/mol. The lowest BCUT2D eigenvalue weighted by Gasteiger charge is -2.36. The number of carbonyl (C=O) groups excluding carboxylic acids is 2. The number of rotatable bonds is 5. The molecule has 0 saturated heterocycles. The zero-order valence-electron chi connectivity index (χ0n) is 16.0. The lowest BCUT2D eigenvalue weighted by molar-refractivity contribution is -0.134. The van der Waals surface area contributed by atoms with Crippen molar-refractivity contribution in [3.63, 3.8) is 0 Å². The van der Waals surface area contributed by atoms with Gasteiger partial charge in [0.1, 0.15) is 11.1 Å². The molecule has 1 aromatic carbocycles. The normalized spacial score (nSPS) is 18.3. The van der Waals surface area contributed by atoms with Crippen LogP contribution in [0.25, 0.3) is 11.0 Å². The highest BCUT2D eigenvalue weighted by atomic mass is 16.3. The Morgan fingerprint density at radius 2 is 1.81 bits per heavy atom. The Morgan fingerprint density at radius 3 is 2.56 bits per heavy atom. The first-order valence-corrected chi connectivity index (χ1v) is 10.2. The van der Waals surface area contributed by atoms with E-state index in [1.165, 1.54) is 17.5 Å². The molecule has 0 bridgehead atoms. The molecule has 4 rings (SSSR count). The highest BCUT2D eigenvalue weighted by Gasteiger charge is 2.40. The Kier molecular flexibility index (Phi) is 4.94. The molecule has 5 heteroatoms. The zero-order valence-corrected chi connectivity index (χ0v) is 16.0. The second-order valence-corrected chi connectivity index (χ2v) is 7.96. The van der Waals surface area contributed by atoms with Gasteiger partial charge >= 0.3 is 0 Å². The molecule has 27 heavy (non-hydrogen) atoms. The fraction of sp³-hybridized carbons (Fsp3) is 0.545. The van der Waals surface area contributed by atoms with E-state index in [0.717, 1.165) is 48.6 Å². The van der Waals surface area contributed by atoms with Crippen LogP contribution >= 0.6 is 0 Å². The molecule has 2 aromatic rings. The number of aryl methyl sites for hydroxylation is 2. The molecule has 2 N–H and O–H groups in total. The molecule has 144 valence electrons. The first-order chi connectivity index (χ1) is 13.1. The Labute approximate surface area is 159 Å². The van der Waals surface area contributed by atoms with Gasteiger partial charge in [0.05, 0.1) is 12.7 Å². The monoisotopic (exact) mass is 368 g/mol. The maximum absolute atomic E-state index is 12.8. The molecular formula is C22H28N2O3. The van der Waals surface area contributed by atoms with Gasteiger partial charge in [-0.2, -0.15) is 0 Å². The maximum Gasteiger partial charge on any atom is 0.245 e. The van der Waals surface area contributed by atoms with Gasteiger partial charge in [0.2, 0.25) is 11.8 Å². The van der Waals surface area contributed by atoms with E-state index in [0.29, 0.717) is 19.4 Å². The first-order valence-electron chi connectivity index (χ1n) is 10.2. The number of hydrogen-bond donors (Lipinski definition) is 2. The minimum atomic E-state index is -0.758. The largest absolute Gasteiger partial charge is 0.464 e. The SMILES string of the molecule is CCNC(=O)C1(NC(=O)Cc2coc3cc4c(cc23)CCC4)CCCCC1. The van der Waals surface area contributed by atoms with Crippen molar-refractivity contribution in [2.45, 2.75) is 70.3 Å². The van der Waals surface area contributed by atoms with Crippen LogP contribution in [0.5, 0.6) is 0 Å². The van der Waals surface area contributed by atoms with Crippen LogP contribution in [0.2, 0.25) is 0 Å². The molecule has 0 unspecified atom stereocenters. The number of likely N-dealkylation sites (N-methyl/N-ethyl adjacent to an activating group) is 1. The Balaban J connectivity index is 1.53. The lowest BCUT2D eigenvalue weighted by Crippen LogP contribution is -2.60. The van der Waals surface area contributed by atoms with Gasteiger partial charge in [0, 0.05) is 17.5 Å². The van der Waals surface area contributed by atoms with Crippen molar-refractivity contribution in [1.29, 1.82) is 0 Å². The number of fused-ring (bicyclic) bond motifs is 2. The molecule has 0 atom stereocenters. The summed E-state index contributed by atoms with van der Waals surface area (Å²) in [4.78, 5) is 25.5. The van der Waals surface area contributed by atoms with E-state index >= 15 is 0 Å². The van der Waals surface area contributed by atoms with Crippen LogP contribution in [0.1, 0.15) is 62.1 Å². The van der Waals surface area contributed by atoms with Gasteiger partial charge in [-0.25, -0.2) is 0 Å². The van der Waals surface area contributed by atoms with E-state index in [4.69, 9.17) is 4.42 Å². The van der Waals surface area contributed by atoms with Gasteiger partial charge in [-0.3, -0.25) is 9.59 Å². The van der Waals surface area contributed by atoms with E-state index in [9.17, 15) is 9.59 Å². The van der Waals surface area contributed by atoms with Crippen molar-refractivity contribution in [3.05, 3.63) is 35.1 Å². The molecule has 2 aliphatic rings. The number of furan rings is 1. The summed E-state index contributed by atoms with van der Waals surface area (Å²) in [5, 5.41) is 7.01. The van der Waals surface area contributed by atoms with Crippen LogP contribution in [0.4, 0.5) is 0 Å². The fourth-order valence-electron chi connectivity index (χ4n) is 4.66. The third-order valence-corrected chi connectivity index (χ3v) is 6.08. The highest BCUT2D eigenvalue weighted by molar-refractivity contribution is 5.94. The lowest BCUT2D eigenvalue weighted by atomic mass is 9.80. The molecule has 5 nitrogen and oxygen atoms in total. The van der Waals surface area contributed by atoms with Gasteiger partial charge in [0.25, 0.3) is 0 Å². The summed E-state index contributed by atoms with van der Waals surface area (Å²) in [5.41, 5.74) is 3.74. The van der Waals surface area contributed by atoms with Gasteiger partial charge in [0.15, 0.2) is 0 Å². The summed E-state index contributed by atoms with van der Waals surface area (Å²) < 4.78 is 5.72. The Hall–Kier alpha value is -2.30. The molecule has 1 fully saturated rings. The molecule has 1 saturated carbocycles. The molecule has 0 spiro atoms. The molecule has 2 aliphatic carbocycles. The number of hydrogen-bond acceptors (Lipinski definition) is 3. The summed E-state index contributed by atoms with van der Waals surface area (Å²) >= 11 is 0. The second-order valence-electron chi connectivity index (χ2n) is 7.96. The van der Waals surface area contributed by atoms with Crippen LogP contribution in [-0.4, -0.2) is 23.9 Å². The average Bonchev–Trinajstić information content (AvgIpc) is 3.27. The van der Waals surface area contributed by atoms with E-state index in [1.54, 1.807) is 6.26 Å². The van der Waals surface area contributed by atoms with E-state index in [1.807, 2.05) is 6.92 Å². The minimum absolute atomic E-state index is 0.0482. The highest BCUT2D eigenvalue weighted by Crippen LogP contribution is 2.31. The molecule has 0 aliphatic heterocycles. The number of nitrogens with one attached hydrogen (secondary N) is 2. The van der Waals surface area contributed by atoms with Crippen molar-refractivity contribution in [2.24, 2.45) is 0 Å². The van der Waals surface area contributed by atoms with Crippen molar-refractivity contribution in [3.8, 4) is 0 Å². The topological polar surface area (TPSA) is 71.3 Å². The zero-order chi connectivity index (χ0) is 18.9. The standard InChI is InChI=1S/C22H28N2O3/c1-2-23-21(26)22(9-4-3-5-10-22)24-20(25)13-17-14-27-19-12-16-8-6-7-15(16)11-18(17)19/h11-12,14H,2-10,13H2,1H3,(H,23,26)(H,24,25). The summed E-state index contributed by atoms with van der Waals surface area (Å²) in [7, 11) is 0. The van der Waals surface area contributed by atoms with Crippen molar-refractivity contribution < 1.29 is 14.0 Å². The number of benzene rings is 1. The molecule has 2 amide bonds. The van der Waals surface area contributed by atoms with Crippen LogP contribution in [0, 0.1) is 0 Å². The minimum Gasteiger partial charge on any atom is -0.464 e. The van der Waals surface area contributed by atoms with Gasteiger partial charge in [-0.05, 0) is 62.3 Å². The van der Waals surface area contributed by atoms with Gasteiger partial charge < -0.3 is 15.1 Å². The quantitative estimate of drug-likeness (QED) is 0.849. The number of amides is 2. The van der Waals surface area contributed by atoms with Crippen molar-refractivity contribution in [2.75, 3.05) is 6.54 Å². The molecule has 1 aromatic heterocycles. The summed E-state index contributed by atoms with van der Waals surface area (Å²) in [5.74, 6) is -0.153. The third kappa shape index (κ3) is 3.47. The Bertz CT molecular complexity index is 862. The van der Waals surface area contributed by atoms with E-state index in [-0.39, 0.29) is 18.2 Å². The van der Waals surface area contributed by atoms with Gasteiger partial charge in [-0.15, -0.1) is 0 Å². The van der Waals surface area contributed by atoms with E-state index < -0.39 is 5.54 Å². The smallest absolute Gasteiger partial charge is 0.245 e. The van der Waals surface area contributed by atoms with E-state index in [2.05, 4.69) is 22.8 Å². The number of carbonyl (C=O) groups is 2. The summed E-state index contributed by atoms with van der Waals surface area (Å²) in [6, 6.07) is 4.31. The summed E-state index contributed by atoms with van der Waals surface area (Å²) in [6.45, 7) is 2.49. The molecular weight excluding hydrogens is 340 g/mol. The van der Waals surface area contributed by atoms with Crippen molar-refractivity contribution >= 4 is 22.8 Å². The first kappa shape index (κ1) is 18.1. The van der Waals surface area contributed by atoms with Crippen LogP contribution in [-0.2, 0) is 28.9 Å².